The lowest BCUT2D eigenvalue weighted by atomic mass is 9.95. The molecule has 17 heavy (non-hydrogen) atoms. The molecule has 0 aliphatic carbocycles. The number of benzene rings is 1. The number of carbonyl (C=O) groups excluding carboxylic acids is 1. The number of hydrogen-bond acceptors (Lipinski definition) is 3. The summed E-state index contributed by atoms with van der Waals surface area (Å²) < 4.78 is 5.58. The molecule has 1 aliphatic rings. The Morgan fingerprint density at radius 1 is 1.41 bits per heavy atom. The molecule has 4 heteroatoms. The van der Waals surface area contributed by atoms with Gasteiger partial charge in [0.15, 0.2) is 5.78 Å². The zero-order valence-electron chi connectivity index (χ0n) is 9.94. The summed E-state index contributed by atoms with van der Waals surface area (Å²) in [6.07, 6.45) is 1.08. The zero-order chi connectivity index (χ0) is 11.4. The Balaban J connectivity index is 0.00000144. The van der Waals surface area contributed by atoms with E-state index in [0.717, 1.165) is 24.3 Å². The van der Waals surface area contributed by atoms with Crippen molar-refractivity contribution in [2.24, 2.45) is 5.92 Å². The maximum absolute atomic E-state index is 12.1. The van der Waals surface area contributed by atoms with Gasteiger partial charge in [-0.2, -0.15) is 0 Å². The molecule has 94 valence electrons. The molecular weight excluding hydrogens is 238 g/mol. The van der Waals surface area contributed by atoms with Crippen molar-refractivity contribution in [3.63, 3.8) is 0 Å². The Hall–Kier alpha value is -1.06. The van der Waals surface area contributed by atoms with E-state index in [-0.39, 0.29) is 24.1 Å². The number of halogens is 1. The van der Waals surface area contributed by atoms with Gasteiger partial charge in [-0.15, -0.1) is 12.4 Å². The van der Waals surface area contributed by atoms with E-state index >= 15 is 0 Å². The maximum Gasteiger partial charge on any atom is 0.174 e. The predicted octanol–water partition coefficient (Wildman–Crippen LogP) is 2.30. The lowest BCUT2D eigenvalue weighted by molar-refractivity contribution is 0.0830. The van der Waals surface area contributed by atoms with Crippen molar-refractivity contribution in [1.82, 2.24) is 5.32 Å². The van der Waals surface area contributed by atoms with E-state index in [1.165, 1.54) is 0 Å². The molecule has 1 N–H and O–H groups in total. The van der Waals surface area contributed by atoms with Crippen molar-refractivity contribution >= 4 is 18.2 Å². The molecule has 1 aliphatic heterocycles. The zero-order valence-corrected chi connectivity index (χ0v) is 10.8. The van der Waals surface area contributed by atoms with Crippen molar-refractivity contribution in [3.8, 4) is 5.75 Å². The number of ether oxygens (including phenoxy) is 1. The summed E-state index contributed by atoms with van der Waals surface area (Å²) >= 11 is 0. The fraction of sp³-hybridized carbons (Fsp3) is 0.462. The number of nitrogens with one attached hydrogen (secondary N) is 1. The van der Waals surface area contributed by atoms with Gasteiger partial charge in [0.25, 0.3) is 0 Å². The highest BCUT2D eigenvalue weighted by atomic mass is 35.5. The van der Waals surface area contributed by atoms with Crippen molar-refractivity contribution in [2.45, 2.75) is 13.3 Å². The summed E-state index contributed by atoms with van der Waals surface area (Å²) in [4.78, 5) is 12.1. The van der Waals surface area contributed by atoms with Crippen LogP contribution in [0.2, 0.25) is 0 Å². The van der Waals surface area contributed by atoms with Crippen LogP contribution in [0, 0.1) is 5.92 Å². The second-order valence-corrected chi connectivity index (χ2v) is 4.07. The third kappa shape index (κ3) is 3.20. The molecule has 1 unspecified atom stereocenters. The van der Waals surface area contributed by atoms with Crippen LogP contribution in [-0.4, -0.2) is 25.5 Å². The number of rotatable bonds is 4. The van der Waals surface area contributed by atoms with Gasteiger partial charge in [0.2, 0.25) is 0 Å². The average molecular weight is 256 g/mol. The topological polar surface area (TPSA) is 38.3 Å². The van der Waals surface area contributed by atoms with Gasteiger partial charge in [-0.1, -0.05) is 19.1 Å². The number of ketones is 1. The Kier molecular flexibility index (Phi) is 5.45. The first-order valence-corrected chi connectivity index (χ1v) is 5.79. The first-order valence-electron chi connectivity index (χ1n) is 5.79. The number of Topliss-reactive ketones (excluding diaryl/α,β-unsaturated/α-hetero) is 1. The molecule has 0 radical (unpaired) electrons. The van der Waals surface area contributed by atoms with E-state index in [1.807, 2.05) is 24.3 Å². The number of fused-ring (bicyclic) bond motifs is 1. The number of para-hydroxylation sites is 1. The molecule has 3 nitrogen and oxygen atoms in total. The third-order valence-electron chi connectivity index (χ3n) is 2.78. The van der Waals surface area contributed by atoms with E-state index in [2.05, 4.69) is 12.2 Å². The SMILES string of the molecule is CCCNCC1COc2ccccc2C1=O.Cl. The van der Waals surface area contributed by atoms with Crippen LogP contribution in [0.4, 0.5) is 0 Å². The molecule has 0 aromatic heterocycles. The largest absolute Gasteiger partial charge is 0.492 e. The lowest BCUT2D eigenvalue weighted by Crippen LogP contribution is -2.36. The summed E-state index contributed by atoms with van der Waals surface area (Å²) in [5.74, 6) is 0.881. The van der Waals surface area contributed by atoms with Crippen molar-refractivity contribution in [2.75, 3.05) is 19.7 Å². The highest BCUT2D eigenvalue weighted by molar-refractivity contribution is 6.01. The fourth-order valence-corrected chi connectivity index (χ4v) is 1.89. The van der Waals surface area contributed by atoms with Crippen LogP contribution in [0.5, 0.6) is 5.75 Å². The van der Waals surface area contributed by atoms with Gasteiger partial charge in [0.1, 0.15) is 5.75 Å². The van der Waals surface area contributed by atoms with Crippen LogP contribution >= 0.6 is 12.4 Å². The van der Waals surface area contributed by atoms with Gasteiger partial charge in [0.05, 0.1) is 18.1 Å². The molecular formula is C13H18ClNO2. The quantitative estimate of drug-likeness (QED) is 0.839. The molecule has 1 aromatic rings. The summed E-state index contributed by atoms with van der Waals surface area (Å²) in [5.41, 5.74) is 0.719. The summed E-state index contributed by atoms with van der Waals surface area (Å²) in [5, 5.41) is 3.27. The van der Waals surface area contributed by atoms with Crippen LogP contribution in [0.3, 0.4) is 0 Å². The molecule has 0 spiro atoms. The molecule has 0 bridgehead atoms. The van der Waals surface area contributed by atoms with Crippen molar-refractivity contribution in [1.29, 1.82) is 0 Å². The minimum Gasteiger partial charge on any atom is -0.492 e. The minimum atomic E-state index is -0.0403. The second kappa shape index (κ2) is 6.62. The monoisotopic (exact) mass is 255 g/mol. The standard InChI is InChI=1S/C13H17NO2.ClH/c1-2-7-14-8-10-9-16-12-6-4-3-5-11(12)13(10)15;/h3-6,10,14H,2,7-9H2,1H3;1H. The molecule has 1 aromatic carbocycles. The average Bonchev–Trinajstić information content (AvgIpc) is 2.33. The maximum atomic E-state index is 12.1. The molecule has 1 atom stereocenters. The first kappa shape index (κ1) is 14.0. The number of hydrogen-bond donors (Lipinski definition) is 1. The van der Waals surface area contributed by atoms with Crippen LogP contribution < -0.4 is 10.1 Å². The van der Waals surface area contributed by atoms with Gasteiger partial charge in [0, 0.05) is 6.54 Å². The van der Waals surface area contributed by atoms with Gasteiger partial charge >= 0.3 is 0 Å². The Morgan fingerprint density at radius 2 is 2.18 bits per heavy atom. The first-order chi connectivity index (χ1) is 7.83. The van der Waals surface area contributed by atoms with Crippen LogP contribution in [0.15, 0.2) is 24.3 Å². The third-order valence-corrected chi connectivity index (χ3v) is 2.78. The fourth-order valence-electron chi connectivity index (χ4n) is 1.89. The lowest BCUT2D eigenvalue weighted by Gasteiger charge is -2.24. The molecule has 0 saturated carbocycles. The van der Waals surface area contributed by atoms with Gasteiger partial charge in [-0.05, 0) is 25.1 Å². The Bertz CT molecular complexity index is 381. The Morgan fingerprint density at radius 3 is 2.94 bits per heavy atom. The van der Waals surface area contributed by atoms with Gasteiger partial charge in [-0.25, -0.2) is 0 Å². The normalized spacial score (nSPS) is 17.9. The van der Waals surface area contributed by atoms with Crippen LogP contribution in [0.1, 0.15) is 23.7 Å². The van der Waals surface area contributed by atoms with E-state index in [9.17, 15) is 4.79 Å². The summed E-state index contributed by atoms with van der Waals surface area (Å²) in [6, 6.07) is 7.45. The molecule has 2 rings (SSSR count). The smallest absolute Gasteiger partial charge is 0.174 e. The van der Waals surface area contributed by atoms with Crippen LogP contribution in [0.25, 0.3) is 0 Å². The van der Waals surface area contributed by atoms with E-state index in [0.29, 0.717) is 13.2 Å². The van der Waals surface area contributed by atoms with E-state index in [4.69, 9.17) is 4.74 Å². The molecule has 0 fully saturated rings. The van der Waals surface area contributed by atoms with E-state index < -0.39 is 0 Å². The van der Waals surface area contributed by atoms with Gasteiger partial charge in [-0.3, -0.25) is 4.79 Å². The van der Waals surface area contributed by atoms with E-state index in [1.54, 1.807) is 0 Å². The van der Waals surface area contributed by atoms with Crippen LogP contribution in [-0.2, 0) is 0 Å². The highest BCUT2D eigenvalue weighted by Crippen LogP contribution is 2.26. The second-order valence-electron chi connectivity index (χ2n) is 4.07. The van der Waals surface area contributed by atoms with Gasteiger partial charge < -0.3 is 10.1 Å². The predicted molar refractivity (Wildman–Crippen MR) is 70.2 cm³/mol. The minimum absolute atomic E-state index is 0. The number of carbonyl (C=O) groups is 1. The molecule has 0 amide bonds. The van der Waals surface area contributed by atoms with Crippen molar-refractivity contribution in [3.05, 3.63) is 29.8 Å². The summed E-state index contributed by atoms with van der Waals surface area (Å²) in [7, 11) is 0. The molecule has 1 heterocycles. The molecule has 0 saturated heterocycles. The van der Waals surface area contributed by atoms with Crippen molar-refractivity contribution < 1.29 is 9.53 Å². The summed E-state index contributed by atoms with van der Waals surface area (Å²) in [6.45, 7) is 4.26. The Labute approximate surface area is 108 Å². The highest BCUT2D eigenvalue weighted by Gasteiger charge is 2.27.